The Morgan fingerprint density at radius 3 is 2.80 bits per heavy atom. The normalized spacial score (nSPS) is 10.5. The molecule has 0 atom stereocenters. The molecule has 0 aromatic carbocycles. The zero-order valence-corrected chi connectivity index (χ0v) is 10.0. The van der Waals surface area contributed by atoms with E-state index in [4.69, 9.17) is 5.73 Å². The van der Waals surface area contributed by atoms with Gasteiger partial charge in [0, 0.05) is 0 Å². The van der Waals surface area contributed by atoms with Gasteiger partial charge in [-0.25, -0.2) is 9.97 Å². The molecule has 2 heterocycles. The summed E-state index contributed by atoms with van der Waals surface area (Å²) in [5, 5.41) is 0.901. The van der Waals surface area contributed by atoms with E-state index in [1.54, 1.807) is 6.20 Å². The monoisotopic (exact) mass is 238 g/mol. The van der Waals surface area contributed by atoms with Crippen molar-refractivity contribution in [3.05, 3.63) is 23.7 Å². The summed E-state index contributed by atoms with van der Waals surface area (Å²) in [5.74, 6) is 0.801. The molecule has 0 aliphatic rings. The molecule has 0 aliphatic heterocycles. The third-order valence-corrected chi connectivity index (χ3v) is 3.60. The number of nitrogens with two attached hydrogens (primary N) is 1. The third kappa shape index (κ3) is 2.45. The van der Waals surface area contributed by atoms with Gasteiger partial charge in [-0.15, -0.1) is 0 Å². The number of pyridine rings is 1. The molecule has 0 saturated carbocycles. The van der Waals surface area contributed by atoms with Gasteiger partial charge in [0.2, 0.25) is 0 Å². The maximum Gasteiger partial charge on any atom is 0.176 e. The van der Waals surface area contributed by atoms with Crippen molar-refractivity contribution >= 4 is 29.0 Å². The van der Waals surface area contributed by atoms with Crippen LogP contribution in [-0.2, 0) is 0 Å². The molecule has 0 spiro atoms. The fourth-order valence-corrected chi connectivity index (χ4v) is 2.64. The molecular formula is C9H10N4S2. The molecule has 15 heavy (non-hydrogen) atoms. The van der Waals surface area contributed by atoms with Crippen LogP contribution in [0.1, 0.15) is 11.4 Å². The number of aryl methyl sites for hydroxylation is 2. The van der Waals surface area contributed by atoms with E-state index < -0.39 is 0 Å². The number of hydrogen-bond acceptors (Lipinski definition) is 6. The van der Waals surface area contributed by atoms with Crippen LogP contribution in [0.3, 0.4) is 0 Å². The topological polar surface area (TPSA) is 64.7 Å². The lowest BCUT2D eigenvalue weighted by Crippen LogP contribution is -1.91. The lowest BCUT2D eigenvalue weighted by Gasteiger charge is -2.00. The molecule has 78 valence electrons. The van der Waals surface area contributed by atoms with Crippen LogP contribution in [0.4, 0.5) is 5.69 Å². The largest absolute Gasteiger partial charge is 0.397 e. The summed E-state index contributed by atoms with van der Waals surface area (Å²) in [6.45, 7) is 3.84. The van der Waals surface area contributed by atoms with E-state index >= 15 is 0 Å². The van der Waals surface area contributed by atoms with E-state index in [0.717, 1.165) is 20.8 Å². The smallest absolute Gasteiger partial charge is 0.176 e. The average molecular weight is 238 g/mol. The minimum absolute atomic E-state index is 0.716. The summed E-state index contributed by atoms with van der Waals surface area (Å²) >= 11 is 2.89. The predicted octanol–water partition coefficient (Wildman–Crippen LogP) is 2.28. The number of rotatable bonds is 2. The highest BCUT2D eigenvalue weighted by molar-refractivity contribution is 8.00. The van der Waals surface area contributed by atoms with Crippen LogP contribution in [0.15, 0.2) is 21.6 Å². The fourth-order valence-electron chi connectivity index (χ4n) is 1.01. The zero-order chi connectivity index (χ0) is 10.8. The SMILES string of the molecule is Cc1nsc(Sc2cc(C)c(N)cn2)n1. The number of anilines is 1. The molecule has 6 heteroatoms. The Labute approximate surface area is 96.1 Å². The lowest BCUT2D eigenvalue weighted by atomic mass is 10.3. The maximum atomic E-state index is 5.69. The van der Waals surface area contributed by atoms with Gasteiger partial charge in [0.05, 0.1) is 11.9 Å². The lowest BCUT2D eigenvalue weighted by molar-refractivity contribution is 1.08. The Balaban J connectivity index is 2.21. The van der Waals surface area contributed by atoms with Crippen molar-refractivity contribution in [2.24, 2.45) is 0 Å². The maximum absolute atomic E-state index is 5.69. The first-order valence-electron chi connectivity index (χ1n) is 4.35. The molecule has 0 fully saturated rings. The summed E-state index contributed by atoms with van der Waals surface area (Å²) < 4.78 is 5.02. The van der Waals surface area contributed by atoms with Crippen molar-refractivity contribution in [1.82, 2.24) is 14.3 Å². The molecule has 2 rings (SSSR count). The van der Waals surface area contributed by atoms with E-state index in [1.165, 1.54) is 23.3 Å². The Bertz CT molecular complexity index is 481. The molecule has 0 aliphatic carbocycles. The minimum atomic E-state index is 0.716. The van der Waals surface area contributed by atoms with E-state index in [2.05, 4.69) is 14.3 Å². The Kier molecular flexibility index (Phi) is 2.88. The first kappa shape index (κ1) is 10.4. The highest BCUT2D eigenvalue weighted by Gasteiger charge is 2.05. The Morgan fingerprint density at radius 1 is 1.40 bits per heavy atom. The summed E-state index contributed by atoms with van der Waals surface area (Å²) in [6.07, 6.45) is 1.67. The second-order valence-electron chi connectivity index (χ2n) is 3.09. The molecule has 0 bridgehead atoms. The van der Waals surface area contributed by atoms with Gasteiger partial charge in [-0.2, -0.15) is 4.37 Å². The third-order valence-electron chi connectivity index (χ3n) is 1.83. The number of hydrogen-bond donors (Lipinski definition) is 1. The highest BCUT2D eigenvalue weighted by Crippen LogP contribution is 2.28. The van der Waals surface area contributed by atoms with Crippen molar-refractivity contribution in [1.29, 1.82) is 0 Å². The van der Waals surface area contributed by atoms with E-state index in [1.807, 2.05) is 19.9 Å². The molecule has 4 nitrogen and oxygen atoms in total. The molecule has 0 radical (unpaired) electrons. The first-order chi connectivity index (χ1) is 7.15. The predicted molar refractivity (Wildman–Crippen MR) is 62.2 cm³/mol. The van der Waals surface area contributed by atoms with Crippen LogP contribution in [0.25, 0.3) is 0 Å². The van der Waals surface area contributed by atoms with Crippen LogP contribution in [0, 0.1) is 13.8 Å². The quantitative estimate of drug-likeness (QED) is 0.869. The van der Waals surface area contributed by atoms with Crippen LogP contribution in [0.5, 0.6) is 0 Å². The van der Waals surface area contributed by atoms with Crippen molar-refractivity contribution in [3.63, 3.8) is 0 Å². The highest BCUT2D eigenvalue weighted by atomic mass is 32.2. The van der Waals surface area contributed by atoms with Gasteiger partial charge < -0.3 is 5.73 Å². The van der Waals surface area contributed by atoms with E-state index in [-0.39, 0.29) is 0 Å². The number of nitrogen functional groups attached to an aromatic ring is 1. The van der Waals surface area contributed by atoms with Gasteiger partial charge in [0.1, 0.15) is 10.9 Å². The van der Waals surface area contributed by atoms with E-state index in [9.17, 15) is 0 Å². The van der Waals surface area contributed by atoms with Crippen LogP contribution in [0.2, 0.25) is 0 Å². The van der Waals surface area contributed by atoms with Crippen molar-refractivity contribution in [3.8, 4) is 0 Å². The minimum Gasteiger partial charge on any atom is -0.397 e. The summed E-state index contributed by atoms with van der Waals surface area (Å²) in [6, 6.07) is 1.96. The van der Waals surface area contributed by atoms with Gasteiger partial charge in [-0.3, -0.25) is 0 Å². The van der Waals surface area contributed by atoms with Crippen LogP contribution in [-0.4, -0.2) is 14.3 Å². The van der Waals surface area contributed by atoms with Crippen LogP contribution < -0.4 is 5.73 Å². The molecule has 2 aromatic heterocycles. The van der Waals surface area contributed by atoms with Gasteiger partial charge >= 0.3 is 0 Å². The summed E-state index contributed by atoms with van der Waals surface area (Å²) in [5.41, 5.74) is 7.44. The number of aromatic nitrogens is 3. The average Bonchev–Trinajstić information content (AvgIpc) is 2.58. The Morgan fingerprint density at radius 2 is 2.20 bits per heavy atom. The zero-order valence-electron chi connectivity index (χ0n) is 8.39. The second-order valence-corrected chi connectivity index (χ2v) is 5.11. The molecule has 0 amide bonds. The summed E-state index contributed by atoms with van der Waals surface area (Å²) in [4.78, 5) is 8.48. The van der Waals surface area contributed by atoms with Gasteiger partial charge in [0.25, 0.3) is 0 Å². The van der Waals surface area contributed by atoms with Crippen LogP contribution >= 0.6 is 23.3 Å². The van der Waals surface area contributed by atoms with Gasteiger partial charge in [-0.05, 0) is 48.8 Å². The van der Waals surface area contributed by atoms with E-state index in [0.29, 0.717) is 5.69 Å². The van der Waals surface area contributed by atoms with Crippen molar-refractivity contribution in [2.45, 2.75) is 23.2 Å². The second kappa shape index (κ2) is 4.16. The Hall–Kier alpha value is -1.14. The molecule has 0 saturated heterocycles. The van der Waals surface area contributed by atoms with Gasteiger partial charge in [-0.1, -0.05) is 0 Å². The summed E-state index contributed by atoms with van der Waals surface area (Å²) in [7, 11) is 0. The fraction of sp³-hybridized carbons (Fsp3) is 0.222. The van der Waals surface area contributed by atoms with Gasteiger partial charge in [0.15, 0.2) is 4.34 Å². The molecule has 0 unspecified atom stereocenters. The molecule has 2 aromatic rings. The first-order valence-corrected chi connectivity index (χ1v) is 5.94. The standard InChI is InChI=1S/C9H10N4S2/c1-5-3-8(11-4-7(5)10)14-9-12-6(2)13-15-9/h3-4H,10H2,1-2H3. The molecular weight excluding hydrogens is 228 g/mol. The number of nitrogens with zero attached hydrogens (tertiary/aromatic N) is 3. The van der Waals surface area contributed by atoms with Crippen molar-refractivity contribution < 1.29 is 0 Å². The molecule has 2 N–H and O–H groups in total. The van der Waals surface area contributed by atoms with Crippen molar-refractivity contribution in [2.75, 3.05) is 5.73 Å².